The number of rotatable bonds is 2. The number of ether oxygens (including phenoxy) is 1. The lowest BCUT2D eigenvalue weighted by Gasteiger charge is -2.43. The molecule has 2 aromatic rings. The smallest absolute Gasteiger partial charge is 0.410 e. The number of aromatic amines is 1. The van der Waals surface area contributed by atoms with Crippen molar-refractivity contribution in [3.63, 3.8) is 0 Å². The molecule has 0 atom stereocenters. The zero-order chi connectivity index (χ0) is 18.8. The third-order valence-corrected chi connectivity index (χ3v) is 5.89. The third-order valence-electron chi connectivity index (χ3n) is 5.89. The Morgan fingerprint density at radius 2 is 2.04 bits per heavy atom. The number of anilines is 1. The number of amides is 1. The molecule has 1 amide bonds. The molecule has 1 aliphatic heterocycles. The summed E-state index contributed by atoms with van der Waals surface area (Å²) in [6.07, 6.45) is 8.11. The van der Waals surface area contributed by atoms with Crippen LogP contribution < -0.4 is 4.90 Å². The molecule has 3 aliphatic rings. The van der Waals surface area contributed by atoms with E-state index in [0.717, 1.165) is 37.4 Å². The molecular weight excluding hydrogens is 342 g/mol. The maximum Gasteiger partial charge on any atom is 0.410 e. The van der Waals surface area contributed by atoms with Crippen LogP contribution >= 0.6 is 0 Å². The first-order valence-corrected chi connectivity index (χ1v) is 9.94. The Balaban J connectivity index is 1.42. The molecule has 2 saturated carbocycles. The number of piperazine rings is 1. The van der Waals surface area contributed by atoms with Crippen molar-refractivity contribution in [2.45, 2.75) is 63.5 Å². The maximum absolute atomic E-state index is 12.7. The van der Waals surface area contributed by atoms with Crippen LogP contribution in [0.3, 0.4) is 0 Å². The number of aromatic nitrogens is 3. The van der Waals surface area contributed by atoms with Crippen LogP contribution in [0.25, 0.3) is 11.0 Å². The van der Waals surface area contributed by atoms with Crippen molar-refractivity contribution < 1.29 is 9.53 Å². The van der Waals surface area contributed by atoms with Gasteiger partial charge in [-0.2, -0.15) is 0 Å². The van der Waals surface area contributed by atoms with Gasteiger partial charge in [0.15, 0.2) is 0 Å². The topological polar surface area (TPSA) is 74.3 Å². The minimum Gasteiger partial charge on any atom is -0.444 e. The Bertz CT molecular complexity index is 891. The van der Waals surface area contributed by atoms with Gasteiger partial charge in [-0.05, 0) is 57.9 Å². The number of carbonyl (C=O) groups is 1. The quantitative estimate of drug-likeness (QED) is 0.878. The van der Waals surface area contributed by atoms with E-state index < -0.39 is 5.60 Å². The molecule has 0 aromatic carbocycles. The van der Waals surface area contributed by atoms with Gasteiger partial charge in [0.25, 0.3) is 0 Å². The van der Waals surface area contributed by atoms with Gasteiger partial charge in [0.1, 0.15) is 23.4 Å². The molecule has 1 spiro atoms. The second kappa shape index (κ2) is 5.59. The van der Waals surface area contributed by atoms with Crippen LogP contribution in [0.4, 0.5) is 10.6 Å². The highest BCUT2D eigenvalue weighted by Crippen LogP contribution is 2.48. The van der Waals surface area contributed by atoms with Gasteiger partial charge < -0.3 is 14.6 Å². The lowest BCUT2D eigenvalue weighted by molar-refractivity contribution is 0.0106. The molecule has 3 heterocycles. The summed E-state index contributed by atoms with van der Waals surface area (Å²) in [4.78, 5) is 29.4. The maximum atomic E-state index is 12.7. The van der Waals surface area contributed by atoms with E-state index in [4.69, 9.17) is 4.74 Å². The van der Waals surface area contributed by atoms with E-state index in [1.54, 1.807) is 6.33 Å². The summed E-state index contributed by atoms with van der Waals surface area (Å²) in [5.41, 5.74) is 1.70. The van der Waals surface area contributed by atoms with E-state index in [9.17, 15) is 4.79 Å². The van der Waals surface area contributed by atoms with Crippen LogP contribution in [-0.2, 0) is 4.74 Å². The van der Waals surface area contributed by atoms with E-state index in [0.29, 0.717) is 12.5 Å². The molecule has 7 heteroatoms. The van der Waals surface area contributed by atoms with Gasteiger partial charge in [-0.15, -0.1) is 0 Å². The summed E-state index contributed by atoms with van der Waals surface area (Å²) in [6, 6.07) is 0. The lowest BCUT2D eigenvalue weighted by Crippen LogP contribution is -2.58. The fourth-order valence-electron chi connectivity index (χ4n) is 4.26. The fourth-order valence-corrected chi connectivity index (χ4v) is 4.26. The lowest BCUT2D eigenvalue weighted by atomic mass is 10.1. The largest absolute Gasteiger partial charge is 0.444 e. The molecule has 3 fully saturated rings. The number of nitrogens with one attached hydrogen (secondary N) is 1. The molecule has 0 unspecified atom stereocenters. The van der Waals surface area contributed by atoms with Crippen molar-refractivity contribution in [3.05, 3.63) is 18.1 Å². The zero-order valence-corrected chi connectivity index (χ0v) is 16.3. The summed E-state index contributed by atoms with van der Waals surface area (Å²) in [5, 5.41) is 1.17. The summed E-state index contributed by atoms with van der Waals surface area (Å²) >= 11 is 0. The Hall–Kier alpha value is -2.31. The van der Waals surface area contributed by atoms with Crippen molar-refractivity contribution in [1.82, 2.24) is 19.9 Å². The molecule has 0 radical (unpaired) electrons. The zero-order valence-electron chi connectivity index (χ0n) is 16.3. The minimum absolute atomic E-state index is 0.103. The molecule has 27 heavy (non-hydrogen) atoms. The minimum atomic E-state index is -0.465. The predicted molar refractivity (Wildman–Crippen MR) is 103 cm³/mol. The van der Waals surface area contributed by atoms with Gasteiger partial charge in [0.05, 0.1) is 10.9 Å². The highest BCUT2D eigenvalue weighted by Gasteiger charge is 2.54. The van der Waals surface area contributed by atoms with Crippen LogP contribution in [0.1, 0.15) is 57.9 Å². The Morgan fingerprint density at radius 1 is 1.26 bits per heavy atom. The van der Waals surface area contributed by atoms with E-state index in [1.165, 1.54) is 23.8 Å². The van der Waals surface area contributed by atoms with Crippen molar-refractivity contribution in [1.29, 1.82) is 0 Å². The van der Waals surface area contributed by atoms with Crippen LogP contribution in [0, 0.1) is 0 Å². The predicted octanol–water partition coefficient (Wildman–Crippen LogP) is 3.43. The van der Waals surface area contributed by atoms with Gasteiger partial charge in [0.2, 0.25) is 0 Å². The Kier molecular flexibility index (Phi) is 3.49. The summed E-state index contributed by atoms with van der Waals surface area (Å²) < 4.78 is 5.65. The number of carbonyl (C=O) groups excluding carboxylic acids is 1. The van der Waals surface area contributed by atoms with Crippen LogP contribution in [0.15, 0.2) is 12.5 Å². The number of hydrogen-bond donors (Lipinski definition) is 1. The SMILES string of the molecule is CC(C)(C)OC(=O)N1CCN(c2ncnc3[nH]cc(C4CC4)c23)CC12CC2. The van der Waals surface area contributed by atoms with Crippen molar-refractivity contribution in [2.75, 3.05) is 24.5 Å². The normalized spacial score (nSPS) is 21.7. The molecular formula is C20H27N5O2. The Labute approximate surface area is 159 Å². The van der Waals surface area contributed by atoms with Crippen LogP contribution in [0.5, 0.6) is 0 Å². The molecule has 0 bridgehead atoms. The van der Waals surface area contributed by atoms with E-state index >= 15 is 0 Å². The van der Waals surface area contributed by atoms with Crippen molar-refractivity contribution >= 4 is 22.9 Å². The number of H-pyrrole nitrogens is 1. The molecule has 144 valence electrons. The van der Waals surface area contributed by atoms with Gasteiger partial charge in [-0.1, -0.05) is 0 Å². The average Bonchev–Trinajstić information content (AvgIpc) is 3.53. The summed E-state index contributed by atoms with van der Waals surface area (Å²) in [7, 11) is 0. The first kappa shape index (κ1) is 16.8. The molecule has 1 N–H and O–H groups in total. The first-order valence-electron chi connectivity index (χ1n) is 9.94. The highest BCUT2D eigenvalue weighted by atomic mass is 16.6. The van der Waals surface area contributed by atoms with E-state index in [2.05, 4.69) is 26.0 Å². The summed E-state index contributed by atoms with van der Waals surface area (Å²) in [5.74, 6) is 1.65. The first-order chi connectivity index (χ1) is 12.9. The van der Waals surface area contributed by atoms with Gasteiger partial charge in [-0.25, -0.2) is 14.8 Å². The molecule has 1 saturated heterocycles. The third kappa shape index (κ3) is 2.93. The van der Waals surface area contributed by atoms with Crippen molar-refractivity contribution in [3.8, 4) is 0 Å². The second-order valence-electron chi connectivity index (χ2n) is 9.22. The van der Waals surface area contributed by atoms with Crippen LogP contribution in [0.2, 0.25) is 0 Å². The standard InChI is InChI=1S/C20H27N5O2/c1-19(2,3)27-18(26)25-9-8-24(11-20(25)6-7-20)17-15-14(13-4-5-13)10-21-16(15)22-12-23-17/h10,12-13H,4-9,11H2,1-3H3,(H,21,22,23). The summed E-state index contributed by atoms with van der Waals surface area (Å²) in [6.45, 7) is 8.01. The molecule has 2 aromatic heterocycles. The number of fused-ring (bicyclic) bond motifs is 1. The number of nitrogens with zero attached hydrogens (tertiary/aromatic N) is 4. The average molecular weight is 369 g/mol. The monoisotopic (exact) mass is 369 g/mol. The van der Waals surface area contributed by atoms with Crippen LogP contribution in [-0.4, -0.2) is 56.7 Å². The fraction of sp³-hybridized carbons (Fsp3) is 0.650. The highest BCUT2D eigenvalue weighted by molar-refractivity contribution is 5.91. The second-order valence-corrected chi connectivity index (χ2v) is 9.22. The molecule has 2 aliphatic carbocycles. The van der Waals surface area contributed by atoms with E-state index in [1.807, 2.05) is 25.7 Å². The van der Waals surface area contributed by atoms with Crippen molar-refractivity contribution in [2.24, 2.45) is 0 Å². The number of hydrogen-bond acceptors (Lipinski definition) is 5. The Morgan fingerprint density at radius 3 is 2.70 bits per heavy atom. The van der Waals surface area contributed by atoms with E-state index in [-0.39, 0.29) is 11.6 Å². The van der Waals surface area contributed by atoms with Gasteiger partial charge >= 0.3 is 6.09 Å². The molecule has 7 nitrogen and oxygen atoms in total. The molecule has 5 rings (SSSR count). The van der Waals surface area contributed by atoms with Gasteiger partial charge in [-0.3, -0.25) is 4.90 Å². The van der Waals surface area contributed by atoms with Gasteiger partial charge in [0, 0.05) is 25.8 Å².